The minimum atomic E-state index is -4.43. The second kappa shape index (κ2) is 7.25. The molecular weight excluding hydrogens is 365 g/mol. The van der Waals surface area contributed by atoms with Crippen LogP contribution in [0, 0.1) is 0 Å². The highest BCUT2D eigenvalue weighted by atomic mass is 32.2. The van der Waals surface area contributed by atoms with E-state index in [9.17, 15) is 18.0 Å². The van der Waals surface area contributed by atoms with Gasteiger partial charge in [0.05, 0.1) is 23.3 Å². The largest absolute Gasteiger partial charge is 0.497 e. The van der Waals surface area contributed by atoms with Crippen molar-refractivity contribution < 1.29 is 22.7 Å². The Labute approximate surface area is 151 Å². The van der Waals surface area contributed by atoms with Gasteiger partial charge in [-0.05, 0) is 59.8 Å². The Morgan fingerprint density at radius 1 is 1.15 bits per heavy atom. The van der Waals surface area contributed by atoms with E-state index < -0.39 is 17.6 Å². The van der Waals surface area contributed by atoms with Crippen LogP contribution in [0.5, 0.6) is 5.75 Å². The Balaban J connectivity index is 1.81. The van der Waals surface area contributed by atoms with Gasteiger partial charge in [0, 0.05) is 0 Å². The minimum absolute atomic E-state index is 0.275. The highest BCUT2D eigenvalue weighted by molar-refractivity contribution is 8.18. The van der Waals surface area contributed by atoms with E-state index in [1.807, 2.05) is 0 Å². The van der Waals surface area contributed by atoms with E-state index in [1.54, 1.807) is 31.4 Å². The molecule has 26 heavy (non-hydrogen) atoms. The molecule has 3 rings (SSSR count). The monoisotopic (exact) mass is 378 g/mol. The number of ether oxygens (including phenoxy) is 1. The van der Waals surface area contributed by atoms with Crippen LogP contribution in [-0.4, -0.2) is 18.2 Å². The van der Waals surface area contributed by atoms with Crippen molar-refractivity contribution >= 4 is 34.6 Å². The van der Waals surface area contributed by atoms with Crippen LogP contribution in [0.4, 0.5) is 18.9 Å². The fraction of sp³-hybridized carbons (Fsp3) is 0.111. The van der Waals surface area contributed by atoms with Crippen molar-refractivity contribution in [3.8, 4) is 5.75 Å². The number of amides is 1. The number of carbonyl (C=O) groups is 1. The Kier molecular flexibility index (Phi) is 5.03. The number of amidine groups is 1. The predicted octanol–water partition coefficient (Wildman–Crippen LogP) is 4.61. The zero-order valence-corrected chi connectivity index (χ0v) is 14.3. The third-order valence-corrected chi connectivity index (χ3v) is 4.38. The Bertz CT molecular complexity index is 890. The Morgan fingerprint density at radius 3 is 2.54 bits per heavy atom. The lowest BCUT2D eigenvalue weighted by Gasteiger charge is -2.06. The van der Waals surface area contributed by atoms with E-state index in [4.69, 9.17) is 4.74 Å². The van der Waals surface area contributed by atoms with Gasteiger partial charge in [-0.25, -0.2) is 4.99 Å². The molecule has 8 heteroatoms. The molecule has 0 aliphatic carbocycles. The second-order valence-corrected chi connectivity index (χ2v) is 6.33. The molecule has 0 radical (unpaired) electrons. The second-order valence-electron chi connectivity index (χ2n) is 5.30. The summed E-state index contributed by atoms with van der Waals surface area (Å²) in [6.45, 7) is 0. The molecule has 1 heterocycles. The molecule has 1 saturated heterocycles. The minimum Gasteiger partial charge on any atom is -0.497 e. The average molecular weight is 378 g/mol. The van der Waals surface area contributed by atoms with Crippen molar-refractivity contribution in [2.75, 3.05) is 7.11 Å². The number of benzene rings is 2. The van der Waals surface area contributed by atoms with E-state index in [0.717, 1.165) is 23.9 Å². The number of nitrogens with zero attached hydrogens (tertiary/aromatic N) is 1. The van der Waals surface area contributed by atoms with Crippen LogP contribution < -0.4 is 10.1 Å². The van der Waals surface area contributed by atoms with Crippen molar-refractivity contribution in [3.05, 3.63) is 64.6 Å². The predicted molar refractivity (Wildman–Crippen MR) is 95.2 cm³/mol. The fourth-order valence-electron chi connectivity index (χ4n) is 2.21. The molecule has 1 aliphatic rings. The third-order valence-electron chi connectivity index (χ3n) is 3.47. The topological polar surface area (TPSA) is 50.7 Å². The normalized spacial score (nSPS) is 17.6. The van der Waals surface area contributed by atoms with Gasteiger partial charge < -0.3 is 10.1 Å². The Hall–Kier alpha value is -2.74. The molecule has 0 atom stereocenters. The van der Waals surface area contributed by atoms with Gasteiger partial charge in [-0.2, -0.15) is 13.2 Å². The number of carbonyl (C=O) groups excluding carboxylic acids is 1. The van der Waals surface area contributed by atoms with Crippen LogP contribution in [0.2, 0.25) is 0 Å². The smallest absolute Gasteiger partial charge is 0.416 e. The summed E-state index contributed by atoms with van der Waals surface area (Å²) in [6.07, 6.45) is -3.02. The third kappa shape index (κ3) is 4.26. The molecule has 2 aromatic carbocycles. The lowest BCUT2D eigenvalue weighted by molar-refractivity contribution is -0.137. The SMILES string of the molecule is COc1ccc(N=C2NC(=O)/C(=C\c3cccc(C(F)(F)F)c3)S2)cc1. The van der Waals surface area contributed by atoms with Crippen molar-refractivity contribution in [2.45, 2.75) is 6.18 Å². The van der Waals surface area contributed by atoms with Crippen molar-refractivity contribution in [1.29, 1.82) is 0 Å². The molecule has 0 unspecified atom stereocenters. The van der Waals surface area contributed by atoms with Gasteiger partial charge in [-0.1, -0.05) is 12.1 Å². The molecule has 0 spiro atoms. The summed E-state index contributed by atoms with van der Waals surface area (Å²) in [4.78, 5) is 16.6. The highest BCUT2D eigenvalue weighted by Crippen LogP contribution is 2.32. The zero-order chi connectivity index (χ0) is 18.7. The van der Waals surface area contributed by atoms with Gasteiger partial charge >= 0.3 is 6.18 Å². The highest BCUT2D eigenvalue weighted by Gasteiger charge is 2.30. The first kappa shape index (κ1) is 18.1. The molecule has 1 N–H and O–H groups in total. The van der Waals surface area contributed by atoms with Gasteiger partial charge in [0.25, 0.3) is 5.91 Å². The van der Waals surface area contributed by atoms with Gasteiger partial charge in [-0.15, -0.1) is 0 Å². The number of hydrogen-bond acceptors (Lipinski definition) is 4. The number of hydrogen-bond donors (Lipinski definition) is 1. The van der Waals surface area contributed by atoms with Crippen LogP contribution in [0.1, 0.15) is 11.1 Å². The summed E-state index contributed by atoms with van der Waals surface area (Å²) in [7, 11) is 1.55. The van der Waals surface area contributed by atoms with Gasteiger partial charge in [0.1, 0.15) is 5.75 Å². The summed E-state index contributed by atoms with van der Waals surface area (Å²) in [6, 6.07) is 11.7. The number of methoxy groups -OCH3 is 1. The van der Waals surface area contributed by atoms with E-state index in [1.165, 1.54) is 18.2 Å². The molecule has 1 amide bonds. The standard InChI is InChI=1S/C18H13F3N2O2S/c1-25-14-7-5-13(6-8-14)22-17-23-16(24)15(26-17)10-11-3-2-4-12(9-11)18(19,20)21/h2-10H,1H3,(H,22,23,24)/b15-10+. The van der Waals surface area contributed by atoms with Gasteiger partial charge in [0.2, 0.25) is 0 Å². The van der Waals surface area contributed by atoms with Crippen LogP contribution >= 0.6 is 11.8 Å². The van der Waals surface area contributed by atoms with Gasteiger partial charge in [-0.3, -0.25) is 4.79 Å². The molecule has 0 aromatic heterocycles. The summed E-state index contributed by atoms with van der Waals surface area (Å²) in [5.74, 6) is 0.280. The first-order valence-corrected chi connectivity index (χ1v) is 8.28. The van der Waals surface area contributed by atoms with Crippen LogP contribution in [0.3, 0.4) is 0 Å². The van der Waals surface area contributed by atoms with E-state index in [-0.39, 0.29) is 4.91 Å². The lowest BCUT2D eigenvalue weighted by atomic mass is 10.1. The first-order chi connectivity index (χ1) is 12.3. The molecule has 4 nitrogen and oxygen atoms in total. The fourth-order valence-corrected chi connectivity index (χ4v) is 3.05. The number of rotatable bonds is 3. The number of aliphatic imine (C=N–C) groups is 1. The van der Waals surface area contributed by atoms with E-state index in [0.29, 0.717) is 22.2 Å². The number of thioether (sulfide) groups is 1. The maximum atomic E-state index is 12.8. The molecule has 0 bridgehead atoms. The average Bonchev–Trinajstić information content (AvgIpc) is 2.94. The maximum Gasteiger partial charge on any atom is 0.416 e. The molecule has 2 aromatic rings. The molecule has 1 aliphatic heterocycles. The zero-order valence-electron chi connectivity index (χ0n) is 13.5. The van der Waals surface area contributed by atoms with Crippen LogP contribution in [0.25, 0.3) is 6.08 Å². The quantitative estimate of drug-likeness (QED) is 0.794. The molecule has 134 valence electrons. The van der Waals surface area contributed by atoms with Crippen molar-refractivity contribution in [2.24, 2.45) is 4.99 Å². The van der Waals surface area contributed by atoms with E-state index >= 15 is 0 Å². The number of nitrogens with one attached hydrogen (secondary N) is 1. The number of halogens is 3. The van der Waals surface area contributed by atoms with Crippen molar-refractivity contribution in [1.82, 2.24) is 5.32 Å². The lowest BCUT2D eigenvalue weighted by Crippen LogP contribution is -2.19. The summed E-state index contributed by atoms with van der Waals surface area (Å²) >= 11 is 1.07. The summed E-state index contributed by atoms with van der Waals surface area (Å²) in [5, 5.41) is 2.96. The summed E-state index contributed by atoms with van der Waals surface area (Å²) < 4.78 is 43.4. The maximum absolute atomic E-state index is 12.8. The van der Waals surface area contributed by atoms with Crippen LogP contribution in [-0.2, 0) is 11.0 Å². The molecular formula is C18H13F3N2O2S. The molecule has 0 saturated carbocycles. The molecule has 1 fully saturated rings. The van der Waals surface area contributed by atoms with Crippen LogP contribution in [0.15, 0.2) is 58.4 Å². The Morgan fingerprint density at radius 2 is 1.88 bits per heavy atom. The van der Waals surface area contributed by atoms with Gasteiger partial charge in [0.15, 0.2) is 5.17 Å². The van der Waals surface area contributed by atoms with E-state index in [2.05, 4.69) is 10.3 Å². The van der Waals surface area contributed by atoms with Crippen molar-refractivity contribution in [3.63, 3.8) is 0 Å². The summed E-state index contributed by atoms with van der Waals surface area (Å²) in [5.41, 5.74) is 0.152. The first-order valence-electron chi connectivity index (χ1n) is 7.46. The number of alkyl halides is 3.